The molecule has 0 unspecified atom stereocenters. The predicted molar refractivity (Wildman–Crippen MR) is 111 cm³/mol. The number of carbonyl (C=O) groups is 1. The summed E-state index contributed by atoms with van der Waals surface area (Å²) >= 11 is 0. The van der Waals surface area contributed by atoms with Gasteiger partial charge in [0.2, 0.25) is 5.82 Å². The van der Waals surface area contributed by atoms with Crippen LogP contribution >= 0.6 is 0 Å². The average Bonchev–Trinajstić information content (AvgIpc) is 3.26. The molecular weight excluding hydrogens is 401 g/mol. The number of primary amides is 1. The first-order valence-electron chi connectivity index (χ1n) is 10.2. The quantitative estimate of drug-likeness (QED) is 0.624. The Morgan fingerprint density at radius 1 is 1.29 bits per heavy atom. The summed E-state index contributed by atoms with van der Waals surface area (Å²) in [5.41, 5.74) is 7.01. The van der Waals surface area contributed by atoms with Gasteiger partial charge in [0.25, 0.3) is 5.91 Å². The van der Waals surface area contributed by atoms with Gasteiger partial charge in [0.15, 0.2) is 0 Å². The third-order valence-corrected chi connectivity index (χ3v) is 5.36. The Morgan fingerprint density at radius 2 is 2.10 bits per heavy atom. The molecule has 4 rings (SSSR count). The number of hydrogen-bond acceptors (Lipinski definition) is 6. The molecule has 0 radical (unpaired) electrons. The topological polar surface area (TPSA) is 105 Å². The average molecular weight is 425 g/mol. The number of carbonyl (C=O) groups excluding carboxylic acids is 1. The van der Waals surface area contributed by atoms with E-state index in [1.165, 1.54) is 17.0 Å². The highest BCUT2D eigenvalue weighted by molar-refractivity contribution is 5.90. The van der Waals surface area contributed by atoms with E-state index in [4.69, 9.17) is 15.2 Å². The molecule has 2 aromatic heterocycles. The minimum absolute atomic E-state index is 0.0816. The molecule has 0 atom stereocenters. The first kappa shape index (κ1) is 20.9. The van der Waals surface area contributed by atoms with E-state index in [1.54, 1.807) is 24.4 Å². The van der Waals surface area contributed by atoms with Crippen molar-refractivity contribution in [2.24, 2.45) is 11.7 Å². The number of hydrogen-bond donors (Lipinski definition) is 1. The molecule has 1 amide bonds. The number of pyridine rings is 1. The van der Waals surface area contributed by atoms with Crippen molar-refractivity contribution in [1.29, 1.82) is 0 Å². The number of benzene rings is 1. The lowest BCUT2D eigenvalue weighted by Crippen LogP contribution is -2.18. The van der Waals surface area contributed by atoms with Gasteiger partial charge in [0.1, 0.15) is 23.7 Å². The number of aryl methyl sites for hydroxylation is 1. The molecule has 1 aromatic carbocycles. The highest BCUT2D eigenvalue weighted by atomic mass is 19.1. The molecule has 1 aliphatic heterocycles. The predicted octanol–water partition coefficient (Wildman–Crippen LogP) is 3.07. The Morgan fingerprint density at radius 3 is 2.87 bits per heavy atom. The summed E-state index contributed by atoms with van der Waals surface area (Å²) in [6.45, 7) is 4.00. The smallest absolute Gasteiger partial charge is 0.287 e. The maximum absolute atomic E-state index is 14.9. The van der Waals surface area contributed by atoms with Gasteiger partial charge in [-0.1, -0.05) is 0 Å². The van der Waals surface area contributed by atoms with Crippen LogP contribution in [0.3, 0.4) is 0 Å². The number of ether oxygens (including phenoxy) is 2. The fourth-order valence-electron chi connectivity index (χ4n) is 3.69. The van der Waals surface area contributed by atoms with Crippen LogP contribution in [-0.2, 0) is 4.74 Å². The number of rotatable bonds is 7. The molecular formula is C22H24FN5O3. The minimum Gasteiger partial charge on any atom is -0.494 e. The van der Waals surface area contributed by atoms with Crippen LogP contribution in [0, 0.1) is 18.7 Å². The second kappa shape index (κ2) is 9.22. The van der Waals surface area contributed by atoms with E-state index in [9.17, 15) is 9.18 Å². The van der Waals surface area contributed by atoms with Crippen molar-refractivity contribution in [3.63, 3.8) is 0 Å². The van der Waals surface area contributed by atoms with Gasteiger partial charge >= 0.3 is 0 Å². The fourth-order valence-corrected chi connectivity index (χ4v) is 3.69. The second-order valence-corrected chi connectivity index (χ2v) is 7.61. The maximum Gasteiger partial charge on any atom is 0.287 e. The highest BCUT2D eigenvalue weighted by Crippen LogP contribution is 2.32. The summed E-state index contributed by atoms with van der Waals surface area (Å²) in [7, 11) is 0. The zero-order valence-corrected chi connectivity index (χ0v) is 17.3. The largest absolute Gasteiger partial charge is 0.494 e. The summed E-state index contributed by atoms with van der Waals surface area (Å²) in [5, 5.41) is 7.49. The van der Waals surface area contributed by atoms with Crippen LogP contribution in [0.1, 0.15) is 35.4 Å². The van der Waals surface area contributed by atoms with Crippen LogP contribution < -0.4 is 10.5 Å². The van der Waals surface area contributed by atoms with Crippen molar-refractivity contribution in [3.8, 4) is 22.7 Å². The first-order chi connectivity index (χ1) is 15.0. The van der Waals surface area contributed by atoms with Gasteiger partial charge in [0, 0.05) is 30.5 Å². The van der Waals surface area contributed by atoms with Crippen LogP contribution in [0.15, 0.2) is 36.8 Å². The van der Waals surface area contributed by atoms with Crippen LogP contribution in [0.4, 0.5) is 4.39 Å². The fraction of sp³-hybridized carbons (Fsp3) is 0.364. The van der Waals surface area contributed by atoms with Crippen molar-refractivity contribution in [3.05, 3.63) is 54.0 Å². The maximum atomic E-state index is 14.9. The van der Waals surface area contributed by atoms with E-state index in [2.05, 4.69) is 15.2 Å². The van der Waals surface area contributed by atoms with E-state index in [1.807, 2.05) is 6.92 Å². The first-order valence-corrected chi connectivity index (χ1v) is 10.2. The molecule has 1 aliphatic rings. The zero-order chi connectivity index (χ0) is 21.8. The Kier molecular flexibility index (Phi) is 6.22. The molecule has 0 bridgehead atoms. The molecule has 0 spiro atoms. The molecule has 0 saturated carbocycles. The Labute approximate surface area is 179 Å². The number of amides is 1. The Bertz CT molecular complexity index is 1080. The molecule has 1 fully saturated rings. The SMILES string of the molecule is Cc1cnc(-n2cnnc2C(N)=O)c(-c2cc(OCCC3CCOCC3)ccc2F)c1. The lowest BCUT2D eigenvalue weighted by atomic mass is 9.97. The molecule has 31 heavy (non-hydrogen) atoms. The summed E-state index contributed by atoms with van der Waals surface area (Å²) in [4.78, 5) is 16.1. The van der Waals surface area contributed by atoms with E-state index in [0.29, 0.717) is 35.2 Å². The van der Waals surface area contributed by atoms with E-state index >= 15 is 0 Å². The Hall–Kier alpha value is -3.33. The molecule has 162 valence electrons. The van der Waals surface area contributed by atoms with E-state index < -0.39 is 11.7 Å². The van der Waals surface area contributed by atoms with Crippen molar-refractivity contribution in [1.82, 2.24) is 19.7 Å². The van der Waals surface area contributed by atoms with Crippen molar-refractivity contribution in [2.75, 3.05) is 19.8 Å². The number of nitrogens with two attached hydrogens (primary N) is 1. The van der Waals surface area contributed by atoms with Crippen LogP contribution in [-0.4, -0.2) is 45.5 Å². The highest BCUT2D eigenvalue weighted by Gasteiger charge is 2.20. The van der Waals surface area contributed by atoms with Gasteiger partial charge in [-0.3, -0.25) is 9.36 Å². The summed E-state index contributed by atoms with van der Waals surface area (Å²) < 4.78 is 27.5. The normalized spacial score (nSPS) is 14.5. The standard InChI is InChI=1S/C22H24FN5O3/c1-14-10-18(21(25-12-14)28-13-26-27-22(28)20(24)29)17-11-16(2-3-19(17)23)31-9-6-15-4-7-30-8-5-15/h2-3,10-13,15H,4-9H2,1H3,(H2,24,29). The van der Waals surface area contributed by atoms with Crippen molar-refractivity contribution < 1.29 is 18.7 Å². The monoisotopic (exact) mass is 425 g/mol. The van der Waals surface area contributed by atoms with Crippen LogP contribution in [0.25, 0.3) is 16.9 Å². The second-order valence-electron chi connectivity index (χ2n) is 7.61. The molecule has 3 heterocycles. The molecule has 9 heteroatoms. The van der Waals surface area contributed by atoms with E-state index in [-0.39, 0.29) is 5.82 Å². The summed E-state index contributed by atoms with van der Waals surface area (Å²) in [6, 6.07) is 6.41. The van der Waals surface area contributed by atoms with E-state index in [0.717, 1.165) is 38.0 Å². The molecule has 3 aromatic rings. The van der Waals surface area contributed by atoms with Crippen LogP contribution in [0.2, 0.25) is 0 Å². The summed E-state index contributed by atoms with van der Waals surface area (Å²) in [5.74, 6) is 0.192. The van der Waals surface area contributed by atoms with Gasteiger partial charge in [0.05, 0.1) is 6.61 Å². The van der Waals surface area contributed by atoms with Crippen molar-refractivity contribution >= 4 is 5.91 Å². The Balaban J connectivity index is 1.63. The molecule has 1 saturated heterocycles. The number of nitrogens with zero attached hydrogens (tertiary/aromatic N) is 4. The molecule has 8 nitrogen and oxygen atoms in total. The zero-order valence-electron chi connectivity index (χ0n) is 17.3. The van der Waals surface area contributed by atoms with Gasteiger partial charge < -0.3 is 15.2 Å². The van der Waals surface area contributed by atoms with Gasteiger partial charge in [-0.25, -0.2) is 9.37 Å². The minimum atomic E-state index is -0.753. The molecule has 0 aliphatic carbocycles. The third-order valence-electron chi connectivity index (χ3n) is 5.36. The van der Waals surface area contributed by atoms with Gasteiger partial charge in [-0.15, -0.1) is 10.2 Å². The van der Waals surface area contributed by atoms with Crippen molar-refractivity contribution in [2.45, 2.75) is 26.2 Å². The number of halogens is 1. The lowest BCUT2D eigenvalue weighted by molar-refractivity contribution is 0.0593. The van der Waals surface area contributed by atoms with Crippen LogP contribution in [0.5, 0.6) is 5.75 Å². The lowest BCUT2D eigenvalue weighted by Gasteiger charge is -2.22. The number of aromatic nitrogens is 4. The summed E-state index contributed by atoms with van der Waals surface area (Å²) in [6.07, 6.45) is 5.95. The van der Waals surface area contributed by atoms with Gasteiger partial charge in [-0.05, 0) is 61.9 Å². The third kappa shape index (κ3) is 4.72. The van der Waals surface area contributed by atoms with Gasteiger partial charge in [-0.2, -0.15) is 0 Å². The molecule has 2 N–H and O–H groups in total.